The molecule has 2 N–H and O–H groups in total. The largest absolute Gasteiger partial charge is 0.394 e. The van der Waals surface area contributed by atoms with Gasteiger partial charge in [0.15, 0.2) is 12.6 Å². The molecule has 0 saturated carbocycles. The fourth-order valence-electron chi connectivity index (χ4n) is 4.96. The molecule has 2 saturated heterocycles. The monoisotopic (exact) mass is 500 g/mol. The molecular formula is C29H40O7. The van der Waals surface area contributed by atoms with Gasteiger partial charge in [0.1, 0.15) is 24.4 Å². The number of methoxy groups -OCH3 is 1. The van der Waals surface area contributed by atoms with Crippen molar-refractivity contribution in [2.24, 2.45) is 0 Å². The lowest BCUT2D eigenvalue weighted by Gasteiger charge is -2.50. The maximum atomic E-state index is 10.7. The van der Waals surface area contributed by atoms with E-state index in [1.54, 1.807) is 7.11 Å². The van der Waals surface area contributed by atoms with Gasteiger partial charge in [0, 0.05) is 18.2 Å². The van der Waals surface area contributed by atoms with Crippen molar-refractivity contribution in [3.63, 3.8) is 0 Å². The molecule has 7 nitrogen and oxygen atoms in total. The first-order valence-corrected chi connectivity index (χ1v) is 13.1. The highest BCUT2D eigenvalue weighted by Gasteiger charge is 2.51. The number of fused-ring (bicyclic) bond motifs is 1. The topological polar surface area (TPSA) is 86.6 Å². The summed E-state index contributed by atoms with van der Waals surface area (Å²) in [6.45, 7) is 4.49. The fraction of sp³-hybridized carbons (Fsp3) is 0.586. The van der Waals surface area contributed by atoms with Gasteiger partial charge in [0.25, 0.3) is 0 Å². The number of aliphatic hydroxyl groups excluding tert-OH is 2. The zero-order valence-corrected chi connectivity index (χ0v) is 21.5. The Bertz CT molecular complexity index is 916. The van der Waals surface area contributed by atoms with Crippen molar-refractivity contribution in [2.75, 3.05) is 20.3 Å². The highest BCUT2D eigenvalue weighted by atomic mass is 16.8. The summed E-state index contributed by atoms with van der Waals surface area (Å²) in [4.78, 5) is 0. The molecule has 7 unspecified atom stereocenters. The molecule has 0 spiro atoms. The molecule has 0 radical (unpaired) electrons. The minimum absolute atomic E-state index is 0.244. The molecule has 198 valence electrons. The lowest BCUT2D eigenvalue weighted by Crippen LogP contribution is -2.61. The smallest absolute Gasteiger partial charge is 0.184 e. The Hall–Kier alpha value is -1.84. The van der Waals surface area contributed by atoms with Crippen LogP contribution in [-0.4, -0.2) is 61.1 Å². The Balaban J connectivity index is 1.57. The van der Waals surface area contributed by atoms with Gasteiger partial charge < -0.3 is 33.9 Å². The van der Waals surface area contributed by atoms with Crippen LogP contribution in [0.25, 0.3) is 0 Å². The molecule has 7 heteroatoms. The highest BCUT2D eigenvalue weighted by Crippen LogP contribution is 2.42. The summed E-state index contributed by atoms with van der Waals surface area (Å²) in [5.74, 6) is 0. The first kappa shape index (κ1) is 27.2. The molecule has 2 aliphatic heterocycles. The van der Waals surface area contributed by atoms with E-state index >= 15 is 0 Å². The van der Waals surface area contributed by atoms with Gasteiger partial charge in [-0.15, -0.1) is 0 Å². The van der Waals surface area contributed by atoms with E-state index in [2.05, 4.69) is 26.0 Å². The van der Waals surface area contributed by atoms with E-state index in [-0.39, 0.29) is 6.10 Å². The first-order valence-electron chi connectivity index (χ1n) is 13.1. The van der Waals surface area contributed by atoms with Crippen LogP contribution in [0.5, 0.6) is 0 Å². The van der Waals surface area contributed by atoms with Crippen molar-refractivity contribution < 1.29 is 33.9 Å². The normalized spacial score (nSPS) is 29.0. The van der Waals surface area contributed by atoms with Gasteiger partial charge in [-0.3, -0.25) is 0 Å². The van der Waals surface area contributed by atoms with Gasteiger partial charge in [-0.05, 0) is 30.4 Å². The van der Waals surface area contributed by atoms with E-state index < -0.39 is 43.6 Å². The maximum Gasteiger partial charge on any atom is 0.184 e. The summed E-state index contributed by atoms with van der Waals surface area (Å²) in [6.07, 6.45) is 0.149. The van der Waals surface area contributed by atoms with E-state index in [4.69, 9.17) is 23.7 Å². The SMILES string of the molecule is CCCc1ccc(C2OC(C(O)CO)C3OC(c4ccc(CCOC)cc4)OC(CCC)C3O2)cc1. The number of rotatable bonds is 11. The highest BCUT2D eigenvalue weighted by molar-refractivity contribution is 5.25. The average Bonchev–Trinajstić information content (AvgIpc) is 2.92. The molecule has 0 bridgehead atoms. The van der Waals surface area contributed by atoms with Crippen LogP contribution in [0, 0.1) is 0 Å². The van der Waals surface area contributed by atoms with Crippen LogP contribution < -0.4 is 0 Å². The van der Waals surface area contributed by atoms with Crippen LogP contribution in [0.15, 0.2) is 48.5 Å². The lowest BCUT2D eigenvalue weighted by atomic mass is 9.93. The summed E-state index contributed by atoms with van der Waals surface area (Å²) in [5.41, 5.74) is 4.19. The predicted molar refractivity (Wildman–Crippen MR) is 135 cm³/mol. The van der Waals surface area contributed by atoms with Crippen LogP contribution in [0.1, 0.15) is 67.9 Å². The molecule has 2 aliphatic rings. The van der Waals surface area contributed by atoms with Gasteiger partial charge in [0.2, 0.25) is 0 Å². The number of aryl methyl sites for hydroxylation is 1. The number of hydrogen-bond acceptors (Lipinski definition) is 7. The van der Waals surface area contributed by atoms with Crippen molar-refractivity contribution in [3.05, 3.63) is 70.8 Å². The van der Waals surface area contributed by atoms with Crippen LogP contribution in [0.3, 0.4) is 0 Å². The number of benzene rings is 2. The molecule has 36 heavy (non-hydrogen) atoms. The van der Waals surface area contributed by atoms with E-state index in [0.717, 1.165) is 43.2 Å². The maximum absolute atomic E-state index is 10.7. The van der Waals surface area contributed by atoms with Gasteiger partial charge in [-0.25, -0.2) is 0 Å². The van der Waals surface area contributed by atoms with Crippen LogP contribution in [0.2, 0.25) is 0 Å². The average molecular weight is 501 g/mol. The minimum atomic E-state index is -1.11. The zero-order valence-electron chi connectivity index (χ0n) is 21.5. The Kier molecular flexibility index (Phi) is 9.90. The summed E-state index contributed by atoms with van der Waals surface area (Å²) in [7, 11) is 1.69. The minimum Gasteiger partial charge on any atom is -0.394 e. The quantitative estimate of drug-likeness (QED) is 0.477. The summed E-state index contributed by atoms with van der Waals surface area (Å²) in [5, 5.41) is 20.5. The van der Waals surface area contributed by atoms with Crippen LogP contribution in [-0.2, 0) is 36.5 Å². The number of ether oxygens (including phenoxy) is 5. The second-order valence-electron chi connectivity index (χ2n) is 9.66. The summed E-state index contributed by atoms with van der Waals surface area (Å²) < 4.78 is 30.7. The Morgan fingerprint density at radius 2 is 1.36 bits per heavy atom. The summed E-state index contributed by atoms with van der Waals surface area (Å²) in [6, 6.07) is 16.3. The first-order chi connectivity index (χ1) is 17.6. The molecule has 0 amide bonds. The second kappa shape index (κ2) is 13.1. The molecule has 2 aromatic rings. The van der Waals surface area contributed by atoms with Crippen molar-refractivity contribution in [2.45, 2.75) is 89.1 Å². The molecule has 0 aromatic heterocycles. The predicted octanol–water partition coefficient (Wildman–Crippen LogP) is 4.25. The Labute approximate surface area is 214 Å². The van der Waals surface area contributed by atoms with Gasteiger partial charge in [-0.1, -0.05) is 75.2 Å². The van der Waals surface area contributed by atoms with Crippen LogP contribution >= 0.6 is 0 Å². The van der Waals surface area contributed by atoms with Crippen LogP contribution in [0.4, 0.5) is 0 Å². The fourth-order valence-corrected chi connectivity index (χ4v) is 4.96. The van der Waals surface area contributed by atoms with E-state index in [1.165, 1.54) is 11.1 Å². The summed E-state index contributed by atoms with van der Waals surface area (Å²) >= 11 is 0. The molecular weight excluding hydrogens is 460 g/mol. The Morgan fingerprint density at radius 3 is 1.92 bits per heavy atom. The van der Waals surface area contributed by atoms with Gasteiger partial charge in [-0.2, -0.15) is 0 Å². The molecule has 7 atom stereocenters. The molecule has 2 fully saturated rings. The molecule has 0 aliphatic carbocycles. The molecule has 4 rings (SSSR count). The zero-order chi connectivity index (χ0) is 25.5. The van der Waals surface area contributed by atoms with Gasteiger partial charge >= 0.3 is 0 Å². The van der Waals surface area contributed by atoms with E-state index in [9.17, 15) is 10.2 Å². The van der Waals surface area contributed by atoms with Crippen molar-refractivity contribution in [1.82, 2.24) is 0 Å². The lowest BCUT2D eigenvalue weighted by molar-refractivity contribution is -0.391. The van der Waals surface area contributed by atoms with Gasteiger partial charge in [0.05, 0.1) is 19.3 Å². The Morgan fingerprint density at radius 1 is 0.778 bits per heavy atom. The third-order valence-corrected chi connectivity index (χ3v) is 6.93. The third-order valence-electron chi connectivity index (χ3n) is 6.93. The standard InChI is InChI=1S/C29H40O7/c1-4-6-19-8-12-22(13-9-19)29-34-25(23(31)18-30)27-26(35-29)24(7-5-2)33-28(36-27)21-14-10-20(11-15-21)16-17-32-3/h8-15,23-31H,4-7,16-18H2,1-3H3. The van der Waals surface area contributed by atoms with Crippen molar-refractivity contribution in [1.29, 1.82) is 0 Å². The third kappa shape index (κ3) is 6.34. The number of hydrogen-bond donors (Lipinski definition) is 2. The molecule has 2 heterocycles. The van der Waals surface area contributed by atoms with E-state index in [0.29, 0.717) is 6.61 Å². The molecule has 2 aromatic carbocycles. The second-order valence-corrected chi connectivity index (χ2v) is 9.66. The van der Waals surface area contributed by atoms with Crippen molar-refractivity contribution in [3.8, 4) is 0 Å². The van der Waals surface area contributed by atoms with Crippen molar-refractivity contribution >= 4 is 0 Å². The number of aliphatic hydroxyl groups is 2. The van der Waals surface area contributed by atoms with E-state index in [1.807, 2.05) is 36.4 Å².